The summed E-state index contributed by atoms with van der Waals surface area (Å²) in [5.41, 5.74) is 1.11. The van der Waals surface area contributed by atoms with Crippen molar-refractivity contribution in [3.05, 3.63) is 83.9 Å². The molecule has 3 aromatic carbocycles. The largest absolute Gasteiger partial charge is 0.496 e. The van der Waals surface area contributed by atoms with Crippen LogP contribution in [-0.2, 0) is 16.6 Å². The van der Waals surface area contributed by atoms with Crippen LogP contribution in [0.4, 0.5) is 5.69 Å². The number of carbonyl (C=O) groups is 1. The molecule has 0 bridgehead atoms. The van der Waals surface area contributed by atoms with Crippen LogP contribution in [-0.4, -0.2) is 26.6 Å². The van der Waals surface area contributed by atoms with Gasteiger partial charge in [0.15, 0.2) is 0 Å². The number of benzene rings is 3. The quantitative estimate of drug-likeness (QED) is 0.583. The lowest BCUT2D eigenvalue weighted by Crippen LogP contribution is -2.14. The van der Waals surface area contributed by atoms with Crippen molar-refractivity contribution < 1.29 is 27.8 Å². The Balaban J connectivity index is 1.72. The fraction of sp³-hybridized carbons (Fsp3) is 0.0952. The third-order valence-electron chi connectivity index (χ3n) is 4.07. The zero-order chi connectivity index (χ0) is 20.9. The molecule has 0 saturated heterocycles. The van der Waals surface area contributed by atoms with Crippen LogP contribution in [0.1, 0.15) is 15.9 Å². The highest BCUT2D eigenvalue weighted by Gasteiger charge is 2.19. The number of hydrogen-bond acceptors (Lipinski definition) is 5. The number of ether oxygens (including phenoxy) is 2. The number of carboxylic acid groups (broad SMARTS) is 1. The van der Waals surface area contributed by atoms with E-state index in [0.29, 0.717) is 18.0 Å². The van der Waals surface area contributed by atoms with E-state index in [1.165, 1.54) is 19.2 Å². The summed E-state index contributed by atoms with van der Waals surface area (Å²) in [7, 11) is -2.66. The molecule has 0 atom stereocenters. The molecule has 0 aromatic heterocycles. The fourth-order valence-corrected chi connectivity index (χ4v) is 3.68. The predicted molar refractivity (Wildman–Crippen MR) is 108 cm³/mol. The van der Waals surface area contributed by atoms with Gasteiger partial charge in [0.05, 0.1) is 12.0 Å². The highest BCUT2D eigenvalue weighted by atomic mass is 32.2. The monoisotopic (exact) mass is 413 g/mol. The van der Waals surface area contributed by atoms with Crippen molar-refractivity contribution in [2.24, 2.45) is 0 Å². The standard InChI is InChI=1S/C21H19NO6S/c1-27-20-12-11-18(13-19(20)21(23)24)29(25,26)22-16-7-9-17(10-8-16)28-14-15-5-3-2-4-6-15/h2-13,22H,14H2,1H3,(H,23,24). The van der Waals surface area contributed by atoms with Gasteiger partial charge in [-0.15, -0.1) is 0 Å². The Labute approximate surface area is 168 Å². The molecule has 3 aromatic rings. The SMILES string of the molecule is COc1ccc(S(=O)(=O)Nc2ccc(OCc3ccccc3)cc2)cc1C(=O)O. The van der Waals surface area contributed by atoms with Crippen molar-refractivity contribution in [2.75, 3.05) is 11.8 Å². The van der Waals surface area contributed by atoms with Crippen molar-refractivity contribution in [2.45, 2.75) is 11.5 Å². The summed E-state index contributed by atoms with van der Waals surface area (Å²) in [4.78, 5) is 11.1. The number of sulfonamides is 1. The zero-order valence-corrected chi connectivity index (χ0v) is 16.3. The van der Waals surface area contributed by atoms with E-state index in [0.717, 1.165) is 11.6 Å². The zero-order valence-electron chi connectivity index (χ0n) is 15.5. The van der Waals surface area contributed by atoms with Crippen molar-refractivity contribution >= 4 is 21.7 Å². The summed E-state index contributed by atoms with van der Waals surface area (Å²) in [6.07, 6.45) is 0. The molecule has 0 aliphatic rings. The van der Waals surface area contributed by atoms with E-state index < -0.39 is 16.0 Å². The summed E-state index contributed by atoms with van der Waals surface area (Å²) < 4.78 is 38.2. The van der Waals surface area contributed by atoms with Crippen molar-refractivity contribution in [3.63, 3.8) is 0 Å². The molecule has 2 N–H and O–H groups in total. The van der Waals surface area contributed by atoms with E-state index in [1.807, 2.05) is 30.3 Å². The molecule has 150 valence electrons. The number of aromatic carboxylic acids is 1. The van der Waals surface area contributed by atoms with Gasteiger partial charge in [0.25, 0.3) is 10.0 Å². The van der Waals surface area contributed by atoms with E-state index >= 15 is 0 Å². The van der Waals surface area contributed by atoms with Gasteiger partial charge in [0.2, 0.25) is 0 Å². The Hall–Kier alpha value is -3.52. The molecule has 0 amide bonds. The van der Waals surface area contributed by atoms with Crippen molar-refractivity contribution in [3.8, 4) is 11.5 Å². The van der Waals surface area contributed by atoms with Gasteiger partial charge in [-0.25, -0.2) is 13.2 Å². The van der Waals surface area contributed by atoms with Gasteiger partial charge in [-0.1, -0.05) is 30.3 Å². The first-order valence-electron chi connectivity index (χ1n) is 8.60. The molecular weight excluding hydrogens is 394 g/mol. The van der Waals surface area contributed by atoms with Crippen LogP contribution in [0.15, 0.2) is 77.7 Å². The number of methoxy groups -OCH3 is 1. The van der Waals surface area contributed by atoms with E-state index in [9.17, 15) is 18.3 Å². The maximum absolute atomic E-state index is 12.6. The number of carboxylic acids is 1. The maximum Gasteiger partial charge on any atom is 0.339 e. The maximum atomic E-state index is 12.6. The third kappa shape index (κ3) is 5.05. The topological polar surface area (TPSA) is 102 Å². The Morgan fingerprint density at radius 2 is 1.69 bits per heavy atom. The minimum Gasteiger partial charge on any atom is -0.496 e. The highest BCUT2D eigenvalue weighted by molar-refractivity contribution is 7.92. The molecule has 29 heavy (non-hydrogen) atoms. The Morgan fingerprint density at radius 1 is 1.00 bits per heavy atom. The highest BCUT2D eigenvalue weighted by Crippen LogP contribution is 2.25. The number of hydrogen-bond donors (Lipinski definition) is 2. The van der Waals surface area contributed by atoms with Gasteiger partial charge in [-0.3, -0.25) is 4.72 Å². The van der Waals surface area contributed by atoms with Crippen LogP contribution in [0.5, 0.6) is 11.5 Å². The number of nitrogens with one attached hydrogen (secondary N) is 1. The number of anilines is 1. The molecule has 0 fully saturated rings. The predicted octanol–water partition coefficient (Wildman–Crippen LogP) is 3.77. The Morgan fingerprint density at radius 3 is 2.31 bits per heavy atom. The minimum atomic E-state index is -3.97. The lowest BCUT2D eigenvalue weighted by atomic mass is 10.2. The normalized spacial score (nSPS) is 10.9. The Kier molecular flexibility index (Phi) is 6.04. The molecular formula is C21H19NO6S. The van der Waals surface area contributed by atoms with Gasteiger partial charge >= 0.3 is 5.97 Å². The van der Waals surface area contributed by atoms with E-state index in [2.05, 4.69) is 4.72 Å². The van der Waals surface area contributed by atoms with Crippen LogP contribution in [0.25, 0.3) is 0 Å². The second-order valence-electron chi connectivity index (χ2n) is 6.07. The first-order valence-corrected chi connectivity index (χ1v) is 10.1. The molecule has 0 spiro atoms. The summed E-state index contributed by atoms with van der Waals surface area (Å²) in [6, 6.07) is 19.7. The molecule has 0 aliphatic carbocycles. The fourth-order valence-electron chi connectivity index (χ4n) is 2.60. The second kappa shape index (κ2) is 8.66. The van der Waals surface area contributed by atoms with Crippen LogP contribution in [0, 0.1) is 0 Å². The smallest absolute Gasteiger partial charge is 0.339 e. The van der Waals surface area contributed by atoms with Gasteiger partial charge < -0.3 is 14.6 Å². The molecule has 0 unspecified atom stereocenters. The average Bonchev–Trinajstić information content (AvgIpc) is 2.73. The number of rotatable bonds is 8. The van der Waals surface area contributed by atoms with Crippen molar-refractivity contribution in [1.29, 1.82) is 0 Å². The first-order chi connectivity index (χ1) is 13.9. The summed E-state index contributed by atoms with van der Waals surface area (Å²) in [6.45, 7) is 0.399. The molecule has 8 heteroatoms. The van der Waals surface area contributed by atoms with Crippen LogP contribution in [0.3, 0.4) is 0 Å². The van der Waals surface area contributed by atoms with E-state index in [-0.39, 0.29) is 16.2 Å². The van der Waals surface area contributed by atoms with E-state index in [1.54, 1.807) is 24.3 Å². The molecule has 7 nitrogen and oxygen atoms in total. The van der Waals surface area contributed by atoms with Gasteiger partial charge in [-0.2, -0.15) is 0 Å². The summed E-state index contributed by atoms with van der Waals surface area (Å²) in [5.74, 6) is -0.607. The van der Waals surface area contributed by atoms with Crippen LogP contribution >= 0.6 is 0 Å². The lowest BCUT2D eigenvalue weighted by molar-refractivity contribution is 0.0693. The molecule has 3 rings (SSSR count). The molecule has 0 radical (unpaired) electrons. The summed E-state index contributed by atoms with van der Waals surface area (Å²) >= 11 is 0. The van der Waals surface area contributed by atoms with Crippen LogP contribution in [0.2, 0.25) is 0 Å². The lowest BCUT2D eigenvalue weighted by Gasteiger charge is -2.11. The van der Waals surface area contributed by atoms with Gasteiger partial charge in [-0.05, 0) is 48.0 Å². The van der Waals surface area contributed by atoms with Gasteiger partial charge in [0.1, 0.15) is 23.7 Å². The molecule has 0 heterocycles. The Bertz CT molecular complexity index is 1100. The molecule has 0 saturated carbocycles. The molecule has 0 aliphatic heterocycles. The van der Waals surface area contributed by atoms with Crippen molar-refractivity contribution in [1.82, 2.24) is 0 Å². The van der Waals surface area contributed by atoms with Crippen LogP contribution < -0.4 is 14.2 Å². The summed E-state index contributed by atoms with van der Waals surface area (Å²) in [5, 5.41) is 9.23. The van der Waals surface area contributed by atoms with E-state index in [4.69, 9.17) is 9.47 Å². The average molecular weight is 413 g/mol. The first kappa shape index (κ1) is 20.2. The second-order valence-corrected chi connectivity index (χ2v) is 7.75. The third-order valence-corrected chi connectivity index (χ3v) is 5.45. The van der Waals surface area contributed by atoms with Gasteiger partial charge in [0, 0.05) is 5.69 Å². The minimum absolute atomic E-state index is 0.0800.